The van der Waals surface area contributed by atoms with E-state index in [0.717, 1.165) is 16.9 Å². The quantitative estimate of drug-likeness (QED) is 0.871. The Morgan fingerprint density at radius 2 is 1.78 bits per heavy atom. The zero-order valence-electron chi connectivity index (χ0n) is 10.4. The fourth-order valence-electron chi connectivity index (χ4n) is 1.66. The van der Waals surface area contributed by atoms with Gasteiger partial charge < -0.3 is 10.6 Å². The van der Waals surface area contributed by atoms with Crippen LogP contribution in [0.3, 0.4) is 0 Å². The largest absolute Gasteiger partial charge is 0.383 e. The summed E-state index contributed by atoms with van der Waals surface area (Å²) in [7, 11) is 3.99. The molecule has 0 fully saturated rings. The van der Waals surface area contributed by atoms with Crippen LogP contribution in [-0.4, -0.2) is 19.1 Å². The summed E-state index contributed by atoms with van der Waals surface area (Å²) in [5, 5.41) is 8.80. The lowest BCUT2D eigenvalue weighted by atomic mass is 10.1. The molecule has 0 saturated heterocycles. The van der Waals surface area contributed by atoms with Crippen molar-refractivity contribution < 1.29 is 0 Å². The first-order valence-electron chi connectivity index (χ1n) is 5.56. The highest BCUT2D eigenvalue weighted by Crippen LogP contribution is 2.22. The van der Waals surface area contributed by atoms with Crippen LogP contribution < -0.4 is 10.6 Å². The van der Waals surface area contributed by atoms with Crippen molar-refractivity contribution >= 4 is 11.5 Å². The van der Waals surface area contributed by atoms with Gasteiger partial charge in [0.2, 0.25) is 0 Å². The molecule has 1 aromatic carbocycles. The van der Waals surface area contributed by atoms with Crippen molar-refractivity contribution in [2.75, 3.05) is 24.7 Å². The zero-order chi connectivity index (χ0) is 13.1. The molecule has 4 heteroatoms. The fraction of sp³-hybridized carbons (Fsp3) is 0.143. The van der Waals surface area contributed by atoms with Gasteiger partial charge in [0.05, 0.1) is 11.3 Å². The minimum atomic E-state index is 0.270. The van der Waals surface area contributed by atoms with Crippen molar-refractivity contribution in [3.8, 4) is 17.3 Å². The third kappa shape index (κ3) is 2.25. The average Bonchev–Trinajstić information content (AvgIpc) is 2.38. The number of nitrogens with two attached hydrogens (primary N) is 1. The van der Waals surface area contributed by atoms with Crippen LogP contribution in [0.2, 0.25) is 0 Å². The highest BCUT2D eigenvalue weighted by molar-refractivity contribution is 5.66. The van der Waals surface area contributed by atoms with Crippen LogP contribution in [0.5, 0.6) is 0 Å². The summed E-state index contributed by atoms with van der Waals surface area (Å²) in [4.78, 5) is 6.26. The van der Waals surface area contributed by atoms with Gasteiger partial charge in [-0.3, -0.25) is 0 Å². The van der Waals surface area contributed by atoms with Crippen molar-refractivity contribution in [3.05, 3.63) is 42.0 Å². The number of pyridine rings is 1. The first kappa shape index (κ1) is 11.9. The van der Waals surface area contributed by atoms with Crippen molar-refractivity contribution in [3.63, 3.8) is 0 Å². The van der Waals surface area contributed by atoms with Gasteiger partial charge in [-0.1, -0.05) is 12.1 Å². The van der Waals surface area contributed by atoms with Gasteiger partial charge in [0.15, 0.2) is 0 Å². The summed E-state index contributed by atoms with van der Waals surface area (Å²) in [6.45, 7) is 0. The second-order valence-corrected chi connectivity index (χ2v) is 4.18. The lowest BCUT2D eigenvalue weighted by Crippen LogP contribution is -2.08. The lowest BCUT2D eigenvalue weighted by Gasteiger charge is -2.12. The molecule has 18 heavy (non-hydrogen) atoms. The normalized spacial score (nSPS) is 9.83. The molecular formula is C14H14N4. The van der Waals surface area contributed by atoms with E-state index in [0.29, 0.717) is 5.56 Å². The topological polar surface area (TPSA) is 65.9 Å². The summed E-state index contributed by atoms with van der Waals surface area (Å²) in [6, 6.07) is 13.5. The molecule has 0 unspecified atom stereocenters. The molecule has 90 valence electrons. The Morgan fingerprint density at radius 3 is 2.28 bits per heavy atom. The van der Waals surface area contributed by atoms with E-state index < -0.39 is 0 Å². The molecule has 0 bridgehead atoms. The van der Waals surface area contributed by atoms with E-state index >= 15 is 0 Å². The number of hydrogen-bond donors (Lipinski definition) is 1. The second-order valence-electron chi connectivity index (χ2n) is 4.18. The van der Waals surface area contributed by atoms with Crippen LogP contribution in [0.4, 0.5) is 11.5 Å². The van der Waals surface area contributed by atoms with Crippen molar-refractivity contribution in [2.24, 2.45) is 0 Å². The van der Waals surface area contributed by atoms with Gasteiger partial charge in [0, 0.05) is 25.3 Å². The lowest BCUT2D eigenvalue weighted by molar-refractivity contribution is 1.13. The monoisotopic (exact) mass is 238 g/mol. The molecule has 0 amide bonds. The number of hydrogen-bond acceptors (Lipinski definition) is 4. The third-order valence-electron chi connectivity index (χ3n) is 2.72. The number of benzene rings is 1. The molecule has 2 aromatic rings. The Balaban J connectivity index is 2.37. The van der Waals surface area contributed by atoms with E-state index in [-0.39, 0.29) is 5.82 Å². The third-order valence-corrected chi connectivity index (χ3v) is 2.72. The molecule has 4 nitrogen and oxygen atoms in total. The number of nitriles is 1. The summed E-state index contributed by atoms with van der Waals surface area (Å²) in [5.74, 6) is 0.270. The van der Waals surface area contributed by atoms with Gasteiger partial charge in [-0.2, -0.15) is 5.26 Å². The second kappa shape index (κ2) is 4.76. The zero-order valence-corrected chi connectivity index (χ0v) is 10.4. The molecule has 0 saturated carbocycles. The van der Waals surface area contributed by atoms with Crippen molar-refractivity contribution in [1.29, 1.82) is 5.26 Å². The molecule has 2 rings (SSSR count). The molecule has 0 aliphatic rings. The number of rotatable bonds is 2. The van der Waals surface area contributed by atoms with Gasteiger partial charge in [0.1, 0.15) is 11.9 Å². The minimum Gasteiger partial charge on any atom is -0.383 e. The van der Waals surface area contributed by atoms with Crippen LogP contribution in [-0.2, 0) is 0 Å². The molecule has 2 N–H and O–H groups in total. The van der Waals surface area contributed by atoms with Crippen molar-refractivity contribution in [2.45, 2.75) is 0 Å². The van der Waals surface area contributed by atoms with Gasteiger partial charge in [-0.15, -0.1) is 0 Å². The van der Waals surface area contributed by atoms with E-state index in [1.807, 2.05) is 49.3 Å². The maximum Gasteiger partial charge on any atom is 0.142 e. The summed E-state index contributed by atoms with van der Waals surface area (Å²) < 4.78 is 0. The molecular weight excluding hydrogens is 224 g/mol. The van der Waals surface area contributed by atoms with Crippen LogP contribution in [0.25, 0.3) is 11.3 Å². The van der Waals surface area contributed by atoms with Gasteiger partial charge in [-0.05, 0) is 24.3 Å². The van der Waals surface area contributed by atoms with E-state index in [2.05, 4.69) is 4.98 Å². The molecule has 1 aromatic heterocycles. The minimum absolute atomic E-state index is 0.270. The van der Waals surface area contributed by atoms with E-state index in [1.54, 1.807) is 12.1 Å². The van der Waals surface area contributed by atoms with Gasteiger partial charge in [-0.25, -0.2) is 4.98 Å². The molecule has 0 aliphatic heterocycles. The Bertz CT molecular complexity index is 594. The molecule has 0 radical (unpaired) electrons. The molecule has 0 spiro atoms. The number of nitrogen functional groups attached to an aromatic ring is 1. The number of anilines is 2. The number of aromatic nitrogens is 1. The van der Waals surface area contributed by atoms with Gasteiger partial charge >= 0.3 is 0 Å². The smallest absolute Gasteiger partial charge is 0.142 e. The maximum atomic E-state index is 8.80. The standard InChI is InChI=1S/C14H14N4/c1-18(2)12-6-3-10(4-7-12)13-8-5-11(9-15)14(16)17-13/h3-8H,1-2H3,(H2,16,17). The van der Waals surface area contributed by atoms with Crippen LogP contribution >= 0.6 is 0 Å². The predicted molar refractivity (Wildman–Crippen MR) is 73.1 cm³/mol. The highest BCUT2D eigenvalue weighted by Gasteiger charge is 2.04. The van der Waals surface area contributed by atoms with E-state index in [4.69, 9.17) is 11.0 Å². The van der Waals surface area contributed by atoms with Crippen molar-refractivity contribution in [1.82, 2.24) is 4.98 Å². The van der Waals surface area contributed by atoms with Crippen LogP contribution in [0.15, 0.2) is 36.4 Å². The average molecular weight is 238 g/mol. The predicted octanol–water partition coefficient (Wildman–Crippen LogP) is 2.27. The summed E-state index contributed by atoms with van der Waals surface area (Å²) >= 11 is 0. The van der Waals surface area contributed by atoms with Crippen LogP contribution in [0, 0.1) is 11.3 Å². The molecule has 0 aliphatic carbocycles. The Hall–Kier alpha value is -2.54. The van der Waals surface area contributed by atoms with Gasteiger partial charge in [0.25, 0.3) is 0 Å². The Kier molecular flexibility index (Phi) is 3.16. The molecule has 1 heterocycles. The SMILES string of the molecule is CN(C)c1ccc(-c2ccc(C#N)c(N)n2)cc1. The number of nitrogens with zero attached hydrogens (tertiary/aromatic N) is 3. The molecule has 0 atom stereocenters. The highest BCUT2D eigenvalue weighted by atomic mass is 15.1. The Labute approximate surface area is 106 Å². The van der Waals surface area contributed by atoms with Crippen LogP contribution in [0.1, 0.15) is 5.56 Å². The summed E-state index contributed by atoms with van der Waals surface area (Å²) in [5.41, 5.74) is 8.99. The summed E-state index contributed by atoms with van der Waals surface area (Å²) in [6.07, 6.45) is 0. The first-order valence-corrected chi connectivity index (χ1v) is 5.56. The van der Waals surface area contributed by atoms with E-state index in [9.17, 15) is 0 Å². The van der Waals surface area contributed by atoms with E-state index in [1.165, 1.54) is 0 Å². The fourth-order valence-corrected chi connectivity index (χ4v) is 1.66. The first-order chi connectivity index (χ1) is 8.61. The Morgan fingerprint density at radius 1 is 1.11 bits per heavy atom. The maximum absolute atomic E-state index is 8.80.